The van der Waals surface area contributed by atoms with Crippen LogP contribution in [0.15, 0.2) is 42.6 Å². The van der Waals surface area contributed by atoms with Crippen molar-refractivity contribution in [2.24, 2.45) is 0 Å². The van der Waals surface area contributed by atoms with Crippen LogP contribution in [0.4, 0.5) is 15.9 Å². The second-order valence-corrected chi connectivity index (χ2v) is 7.31. The highest BCUT2D eigenvalue weighted by Gasteiger charge is 2.21. The van der Waals surface area contributed by atoms with Gasteiger partial charge in [-0.2, -0.15) is 0 Å². The number of nitrogens with zero attached hydrogens (tertiary/aromatic N) is 2. The van der Waals surface area contributed by atoms with Crippen molar-refractivity contribution in [2.75, 3.05) is 30.8 Å². The zero-order chi connectivity index (χ0) is 19.0. The van der Waals surface area contributed by atoms with Crippen LogP contribution in [0.5, 0.6) is 0 Å². The number of nitrogen functional groups attached to an aromatic ring is 1. The first-order valence-corrected chi connectivity index (χ1v) is 9.44. The first-order chi connectivity index (χ1) is 13.1. The minimum absolute atomic E-state index is 0.197. The highest BCUT2D eigenvalue weighted by Crippen LogP contribution is 2.37. The second kappa shape index (κ2) is 7.16. The minimum Gasteiger partial charge on any atom is -0.384 e. The monoisotopic (exact) mass is 364 g/mol. The number of rotatable bonds is 3. The molecule has 1 saturated heterocycles. The molecule has 0 bridgehead atoms. The number of piperidine rings is 1. The fourth-order valence-electron chi connectivity index (χ4n) is 4.07. The van der Waals surface area contributed by atoms with Crippen LogP contribution < -0.4 is 16.0 Å². The second-order valence-electron chi connectivity index (χ2n) is 7.31. The van der Waals surface area contributed by atoms with E-state index >= 15 is 0 Å². The molecule has 0 aliphatic carbocycles. The zero-order valence-electron chi connectivity index (χ0n) is 15.8. The summed E-state index contributed by atoms with van der Waals surface area (Å²) in [7, 11) is 2.02. The van der Waals surface area contributed by atoms with Gasteiger partial charge in [-0.3, -0.25) is 0 Å². The summed E-state index contributed by atoms with van der Waals surface area (Å²) in [6.45, 7) is 3.87. The average molecular weight is 364 g/mol. The lowest BCUT2D eigenvalue weighted by molar-refractivity contribution is 0.443. The molecule has 4 nitrogen and oxygen atoms in total. The number of fused-ring (bicyclic) bond motifs is 1. The number of aromatic nitrogens is 1. The molecule has 0 radical (unpaired) electrons. The van der Waals surface area contributed by atoms with Crippen molar-refractivity contribution in [3.8, 4) is 11.1 Å². The average Bonchev–Trinajstić information content (AvgIpc) is 2.67. The number of halogens is 1. The van der Waals surface area contributed by atoms with Crippen molar-refractivity contribution in [2.45, 2.75) is 25.8 Å². The van der Waals surface area contributed by atoms with Gasteiger partial charge in [0.15, 0.2) is 0 Å². The number of benzene rings is 2. The Kier molecular flexibility index (Phi) is 4.70. The first-order valence-electron chi connectivity index (χ1n) is 9.44. The van der Waals surface area contributed by atoms with Gasteiger partial charge in [-0.25, -0.2) is 9.37 Å². The van der Waals surface area contributed by atoms with Crippen molar-refractivity contribution in [1.82, 2.24) is 10.3 Å². The maximum absolute atomic E-state index is 14.6. The Labute approximate surface area is 159 Å². The quantitative estimate of drug-likeness (QED) is 0.734. The van der Waals surface area contributed by atoms with Gasteiger partial charge in [0, 0.05) is 47.4 Å². The standard InChI is InChI=1S/C22H25FN4/c1-14-4-3-5-19(23)22(14)15-10-16-13-26-21(24)12-18(16)20(11-15)27-8-6-17(25-2)7-9-27/h3-5,10-13,17,25H,6-9H2,1-2H3,(H2,24,26). The van der Waals surface area contributed by atoms with Gasteiger partial charge in [-0.05, 0) is 62.2 Å². The largest absolute Gasteiger partial charge is 0.384 e. The molecule has 1 aliphatic heterocycles. The molecule has 0 amide bonds. The molecule has 2 heterocycles. The Balaban J connectivity index is 1.87. The van der Waals surface area contributed by atoms with Gasteiger partial charge in [-0.1, -0.05) is 12.1 Å². The summed E-state index contributed by atoms with van der Waals surface area (Å²) in [4.78, 5) is 6.64. The van der Waals surface area contributed by atoms with E-state index in [1.807, 2.05) is 32.2 Å². The molecule has 4 rings (SSSR count). The summed E-state index contributed by atoms with van der Waals surface area (Å²) in [5.74, 6) is 0.307. The van der Waals surface area contributed by atoms with Crippen molar-refractivity contribution in [1.29, 1.82) is 0 Å². The van der Waals surface area contributed by atoms with Crippen LogP contribution in [0.25, 0.3) is 21.9 Å². The molecule has 0 unspecified atom stereocenters. The Bertz CT molecular complexity index is 957. The van der Waals surface area contributed by atoms with E-state index in [2.05, 4.69) is 21.3 Å². The molecule has 1 aromatic heterocycles. The van der Waals surface area contributed by atoms with Crippen molar-refractivity contribution in [3.05, 3.63) is 54.0 Å². The lowest BCUT2D eigenvalue weighted by Crippen LogP contribution is -2.41. The molecule has 0 spiro atoms. The molecule has 140 valence electrons. The molecule has 5 heteroatoms. The van der Waals surface area contributed by atoms with Gasteiger partial charge >= 0.3 is 0 Å². The molecule has 27 heavy (non-hydrogen) atoms. The highest BCUT2D eigenvalue weighted by atomic mass is 19.1. The van der Waals surface area contributed by atoms with E-state index in [0.29, 0.717) is 17.4 Å². The van der Waals surface area contributed by atoms with E-state index < -0.39 is 0 Å². The maximum Gasteiger partial charge on any atom is 0.131 e. The number of anilines is 2. The molecule has 1 aliphatic rings. The molecular formula is C22H25FN4. The third-order valence-electron chi connectivity index (χ3n) is 5.59. The maximum atomic E-state index is 14.6. The Morgan fingerprint density at radius 1 is 1.19 bits per heavy atom. The number of aryl methyl sites for hydroxylation is 1. The van der Waals surface area contributed by atoms with Gasteiger partial charge < -0.3 is 16.0 Å². The fourth-order valence-corrected chi connectivity index (χ4v) is 4.07. The van der Waals surface area contributed by atoms with Crippen LogP contribution >= 0.6 is 0 Å². The SMILES string of the molecule is CNC1CCN(c2cc(-c3c(C)cccc3F)cc3cnc(N)cc23)CC1. The Morgan fingerprint density at radius 3 is 2.67 bits per heavy atom. The Hall–Kier alpha value is -2.66. The number of hydrogen-bond acceptors (Lipinski definition) is 4. The lowest BCUT2D eigenvalue weighted by atomic mass is 9.95. The van der Waals surface area contributed by atoms with Gasteiger partial charge in [0.05, 0.1) is 0 Å². The third kappa shape index (κ3) is 3.35. The van der Waals surface area contributed by atoms with Crippen molar-refractivity contribution >= 4 is 22.3 Å². The van der Waals surface area contributed by atoms with Gasteiger partial charge in [0.2, 0.25) is 0 Å². The summed E-state index contributed by atoms with van der Waals surface area (Å²) in [6, 6.07) is 11.8. The summed E-state index contributed by atoms with van der Waals surface area (Å²) >= 11 is 0. The molecule has 0 atom stereocenters. The summed E-state index contributed by atoms with van der Waals surface area (Å²) in [6.07, 6.45) is 3.96. The zero-order valence-corrected chi connectivity index (χ0v) is 15.8. The predicted molar refractivity (Wildman–Crippen MR) is 111 cm³/mol. The summed E-state index contributed by atoms with van der Waals surface area (Å²) < 4.78 is 14.6. The number of nitrogens with two attached hydrogens (primary N) is 1. The topological polar surface area (TPSA) is 54.2 Å². The van der Waals surface area contributed by atoms with Gasteiger partial charge in [0.1, 0.15) is 11.6 Å². The van der Waals surface area contributed by atoms with E-state index in [-0.39, 0.29) is 5.82 Å². The van der Waals surface area contributed by atoms with E-state index in [9.17, 15) is 4.39 Å². The van der Waals surface area contributed by atoms with E-state index in [4.69, 9.17) is 5.73 Å². The van der Waals surface area contributed by atoms with Crippen molar-refractivity contribution < 1.29 is 4.39 Å². The summed E-state index contributed by atoms with van der Waals surface area (Å²) in [5, 5.41) is 5.42. The van der Waals surface area contributed by atoms with Crippen LogP contribution in [0, 0.1) is 12.7 Å². The van der Waals surface area contributed by atoms with E-state index in [0.717, 1.165) is 53.5 Å². The molecule has 0 saturated carbocycles. The third-order valence-corrected chi connectivity index (χ3v) is 5.59. The van der Waals surface area contributed by atoms with Gasteiger partial charge in [0.25, 0.3) is 0 Å². The minimum atomic E-state index is -0.197. The number of pyridine rings is 1. The molecule has 1 fully saturated rings. The van der Waals surface area contributed by atoms with Crippen LogP contribution in [-0.2, 0) is 0 Å². The van der Waals surface area contributed by atoms with Crippen LogP contribution in [-0.4, -0.2) is 31.2 Å². The van der Waals surface area contributed by atoms with Crippen LogP contribution in [0.1, 0.15) is 18.4 Å². The first kappa shape index (κ1) is 17.7. The fraction of sp³-hybridized carbons (Fsp3) is 0.318. The van der Waals surface area contributed by atoms with E-state index in [1.165, 1.54) is 6.07 Å². The summed E-state index contributed by atoms with van der Waals surface area (Å²) in [5.41, 5.74) is 9.54. The predicted octanol–water partition coefficient (Wildman–Crippen LogP) is 4.12. The highest BCUT2D eigenvalue weighted by molar-refractivity contribution is 5.99. The Morgan fingerprint density at radius 2 is 1.96 bits per heavy atom. The normalized spacial score (nSPS) is 15.4. The molecule has 3 N–H and O–H groups in total. The number of nitrogens with one attached hydrogen (secondary N) is 1. The number of hydrogen-bond donors (Lipinski definition) is 2. The molecular weight excluding hydrogens is 339 g/mol. The van der Waals surface area contributed by atoms with E-state index in [1.54, 1.807) is 12.3 Å². The van der Waals surface area contributed by atoms with Crippen LogP contribution in [0.2, 0.25) is 0 Å². The van der Waals surface area contributed by atoms with Crippen molar-refractivity contribution in [3.63, 3.8) is 0 Å². The van der Waals surface area contributed by atoms with Gasteiger partial charge in [-0.15, -0.1) is 0 Å². The van der Waals surface area contributed by atoms with Crippen LogP contribution in [0.3, 0.4) is 0 Å². The molecule has 2 aromatic carbocycles. The smallest absolute Gasteiger partial charge is 0.131 e. The molecule has 3 aromatic rings. The lowest BCUT2D eigenvalue weighted by Gasteiger charge is -2.34.